The number of anilines is 1. The second kappa shape index (κ2) is 9.01. The molecule has 1 amide bonds. The van der Waals surface area contributed by atoms with Crippen molar-refractivity contribution in [3.63, 3.8) is 0 Å². The van der Waals surface area contributed by atoms with Gasteiger partial charge in [-0.1, -0.05) is 29.8 Å². The second-order valence-corrected chi connectivity index (χ2v) is 10.4. The Bertz CT molecular complexity index is 1250. The number of rotatable bonds is 6. The molecule has 10 heteroatoms. The van der Waals surface area contributed by atoms with E-state index in [-0.39, 0.29) is 28.0 Å². The third-order valence-corrected chi connectivity index (χ3v) is 6.52. The van der Waals surface area contributed by atoms with Crippen LogP contribution in [-0.4, -0.2) is 29.6 Å². The summed E-state index contributed by atoms with van der Waals surface area (Å²) in [5.41, 5.74) is 1.00. The molecule has 3 rings (SSSR count). The van der Waals surface area contributed by atoms with Crippen molar-refractivity contribution in [1.82, 2.24) is 14.5 Å². The van der Waals surface area contributed by atoms with E-state index in [1.165, 1.54) is 28.9 Å². The molecule has 0 saturated carbocycles. The Hall–Kier alpha value is -2.75. The molecule has 0 radical (unpaired) electrons. The summed E-state index contributed by atoms with van der Waals surface area (Å²) in [6.45, 7) is 7.13. The number of nitrogens with one attached hydrogen (secondary N) is 2. The van der Waals surface area contributed by atoms with E-state index < -0.39 is 21.5 Å². The van der Waals surface area contributed by atoms with Crippen LogP contribution in [0.1, 0.15) is 42.4 Å². The molecule has 32 heavy (non-hydrogen) atoms. The van der Waals surface area contributed by atoms with Crippen molar-refractivity contribution in [2.45, 2.75) is 44.7 Å². The van der Waals surface area contributed by atoms with Crippen molar-refractivity contribution in [3.05, 3.63) is 76.3 Å². The number of amides is 1. The van der Waals surface area contributed by atoms with Gasteiger partial charge in [0.15, 0.2) is 0 Å². The molecule has 2 aromatic carbocycles. The van der Waals surface area contributed by atoms with E-state index in [2.05, 4.69) is 15.1 Å². The molecule has 1 aromatic heterocycles. The zero-order valence-corrected chi connectivity index (χ0v) is 19.7. The predicted molar refractivity (Wildman–Crippen MR) is 122 cm³/mol. The molecule has 0 unspecified atom stereocenters. The number of benzene rings is 2. The van der Waals surface area contributed by atoms with E-state index in [0.717, 1.165) is 5.56 Å². The first-order valence-corrected chi connectivity index (χ1v) is 11.6. The fourth-order valence-corrected chi connectivity index (χ4v) is 4.86. The lowest BCUT2D eigenvalue weighted by atomic mass is 10.1. The minimum atomic E-state index is -3.76. The number of sulfonamides is 1. The van der Waals surface area contributed by atoms with Gasteiger partial charge in [-0.25, -0.2) is 22.2 Å². The highest BCUT2D eigenvalue weighted by Gasteiger charge is 2.24. The summed E-state index contributed by atoms with van der Waals surface area (Å²) in [5, 5.41) is 7.12. The molecule has 2 N–H and O–H groups in total. The standard InChI is InChI=1S/C22H24ClFN4O3S/c1-14-19(20(23)28(26-14)13-15-8-10-16(24)11-9-15)21(29)25-17-6-5-7-18(12-17)32(30,31)27-22(2,3)4/h5-12,27H,13H2,1-4H3,(H,25,29). The van der Waals surface area contributed by atoms with Crippen LogP contribution >= 0.6 is 11.6 Å². The summed E-state index contributed by atoms with van der Waals surface area (Å²) in [7, 11) is -3.76. The van der Waals surface area contributed by atoms with Crippen LogP contribution in [0.3, 0.4) is 0 Å². The summed E-state index contributed by atoms with van der Waals surface area (Å²) in [4.78, 5) is 12.9. The molecule has 0 spiro atoms. The SMILES string of the molecule is Cc1nn(Cc2ccc(F)cc2)c(Cl)c1C(=O)Nc1cccc(S(=O)(=O)NC(C)(C)C)c1. The number of carbonyl (C=O) groups is 1. The molecular weight excluding hydrogens is 455 g/mol. The second-order valence-electron chi connectivity index (χ2n) is 8.37. The Morgan fingerprint density at radius 1 is 1.16 bits per heavy atom. The van der Waals surface area contributed by atoms with Crippen LogP contribution in [-0.2, 0) is 16.6 Å². The lowest BCUT2D eigenvalue weighted by molar-refractivity contribution is 0.102. The highest BCUT2D eigenvalue weighted by atomic mass is 35.5. The van der Waals surface area contributed by atoms with Crippen LogP contribution < -0.4 is 10.0 Å². The lowest BCUT2D eigenvalue weighted by Crippen LogP contribution is -2.40. The first kappa shape index (κ1) is 23.9. The largest absolute Gasteiger partial charge is 0.322 e. The van der Waals surface area contributed by atoms with Crippen molar-refractivity contribution >= 4 is 33.2 Å². The van der Waals surface area contributed by atoms with Crippen LogP contribution in [0.15, 0.2) is 53.4 Å². The number of aromatic nitrogens is 2. The quantitative estimate of drug-likeness (QED) is 0.550. The monoisotopic (exact) mass is 478 g/mol. The molecule has 170 valence electrons. The van der Waals surface area contributed by atoms with Gasteiger partial charge in [0.2, 0.25) is 10.0 Å². The van der Waals surface area contributed by atoms with E-state index >= 15 is 0 Å². The van der Waals surface area contributed by atoms with Crippen molar-refractivity contribution < 1.29 is 17.6 Å². The van der Waals surface area contributed by atoms with Gasteiger partial charge < -0.3 is 5.32 Å². The van der Waals surface area contributed by atoms with Gasteiger partial charge in [-0.3, -0.25) is 4.79 Å². The minimum Gasteiger partial charge on any atom is -0.322 e. The number of hydrogen-bond donors (Lipinski definition) is 2. The van der Waals surface area contributed by atoms with Crippen LogP contribution in [0.2, 0.25) is 5.15 Å². The third kappa shape index (κ3) is 5.73. The lowest BCUT2D eigenvalue weighted by Gasteiger charge is -2.20. The van der Waals surface area contributed by atoms with Crippen LogP contribution in [0.25, 0.3) is 0 Å². The van der Waals surface area contributed by atoms with Gasteiger partial charge in [0.1, 0.15) is 11.0 Å². The molecule has 1 heterocycles. The normalized spacial score (nSPS) is 12.1. The minimum absolute atomic E-state index is 0.0278. The van der Waals surface area contributed by atoms with E-state index in [1.807, 2.05) is 0 Å². The van der Waals surface area contributed by atoms with Gasteiger partial charge in [0.05, 0.1) is 22.7 Å². The van der Waals surface area contributed by atoms with Gasteiger partial charge in [-0.15, -0.1) is 0 Å². The molecule has 0 aliphatic rings. The molecule has 0 atom stereocenters. The number of nitrogens with zero attached hydrogens (tertiary/aromatic N) is 2. The van der Waals surface area contributed by atoms with Crippen LogP contribution in [0, 0.1) is 12.7 Å². The Labute approximate surface area is 191 Å². The van der Waals surface area contributed by atoms with Gasteiger partial charge in [-0.05, 0) is 63.6 Å². The van der Waals surface area contributed by atoms with Gasteiger partial charge in [-0.2, -0.15) is 5.10 Å². The summed E-state index contributed by atoms with van der Waals surface area (Å²) < 4.78 is 42.3. The Morgan fingerprint density at radius 3 is 2.44 bits per heavy atom. The summed E-state index contributed by atoms with van der Waals surface area (Å²) in [6.07, 6.45) is 0. The fourth-order valence-electron chi connectivity index (χ4n) is 3.08. The van der Waals surface area contributed by atoms with Crippen molar-refractivity contribution in [3.8, 4) is 0 Å². The van der Waals surface area contributed by atoms with Crippen molar-refractivity contribution in [2.75, 3.05) is 5.32 Å². The molecular formula is C22H24ClFN4O3S. The predicted octanol–water partition coefficient (Wildman–Crippen LogP) is 4.36. The average molecular weight is 479 g/mol. The number of carbonyl (C=O) groups excluding carboxylic acids is 1. The zero-order chi connectivity index (χ0) is 23.7. The maximum Gasteiger partial charge on any atom is 0.260 e. The molecule has 0 fully saturated rings. The summed E-state index contributed by atoms with van der Waals surface area (Å²) >= 11 is 6.41. The van der Waals surface area contributed by atoms with E-state index in [1.54, 1.807) is 52.0 Å². The first-order valence-electron chi connectivity index (χ1n) is 9.78. The van der Waals surface area contributed by atoms with Crippen molar-refractivity contribution in [1.29, 1.82) is 0 Å². The van der Waals surface area contributed by atoms with E-state index in [9.17, 15) is 17.6 Å². The Morgan fingerprint density at radius 2 is 1.81 bits per heavy atom. The van der Waals surface area contributed by atoms with Crippen LogP contribution in [0.4, 0.5) is 10.1 Å². The average Bonchev–Trinajstić information content (AvgIpc) is 2.95. The Balaban J connectivity index is 1.82. The van der Waals surface area contributed by atoms with Gasteiger partial charge in [0, 0.05) is 11.2 Å². The zero-order valence-electron chi connectivity index (χ0n) is 18.1. The van der Waals surface area contributed by atoms with Gasteiger partial charge >= 0.3 is 0 Å². The molecule has 7 nitrogen and oxygen atoms in total. The highest BCUT2D eigenvalue weighted by molar-refractivity contribution is 7.89. The van der Waals surface area contributed by atoms with Crippen molar-refractivity contribution in [2.24, 2.45) is 0 Å². The summed E-state index contributed by atoms with van der Waals surface area (Å²) in [6, 6.07) is 11.8. The van der Waals surface area contributed by atoms with E-state index in [0.29, 0.717) is 11.4 Å². The maximum atomic E-state index is 13.1. The van der Waals surface area contributed by atoms with Gasteiger partial charge in [0.25, 0.3) is 5.91 Å². The fraction of sp³-hybridized carbons (Fsp3) is 0.273. The number of halogens is 2. The van der Waals surface area contributed by atoms with E-state index in [4.69, 9.17) is 11.6 Å². The maximum absolute atomic E-state index is 13.1. The summed E-state index contributed by atoms with van der Waals surface area (Å²) in [5.74, 6) is -0.866. The molecule has 3 aromatic rings. The highest BCUT2D eigenvalue weighted by Crippen LogP contribution is 2.24. The Kier molecular flexibility index (Phi) is 6.73. The number of hydrogen-bond acceptors (Lipinski definition) is 4. The smallest absolute Gasteiger partial charge is 0.260 e. The topological polar surface area (TPSA) is 93.1 Å². The third-order valence-electron chi connectivity index (χ3n) is 4.38. The number of aryl methyl sites for hydroxylation is 1. The first-order chi connectivity index (χ1) is 14.9. The molecule has 0 aliphatic heterocycles. The molecule has 0 saturated heterocycles. The molecule has 0 bridgehead atoms. The molecule has 0 aliphatic carbocycles. The van der Waals surface area contributed by atoms with Crippen LogP contribution in [0.5, 0.6) is 0 Å².